The quantitative estimate of drug-likeness (QED) is 0.835. The van der Waals surface area contributed by atoms with Crippen molar-refractivity contribution < 1.29 is 4.42 Å². The van der Waals surface area contributed by atoms with Crippen molar-refractivity contribution in [2.75, 3.05) is 10.6 Å². The molecule has 0 spiro atoms. The van der Waals surface area contributed by atoms with Crippen LogP contribution in [0.25, 0.3) is 5.57 Å². The van der Waals surface area contributed by atoms with E-state index in [1.165, 1.54) is 16.8 Å². The molecule has 1 aliphatic rings. The summed E-state index contributed by atoms with van der Waals surface area (Å²) in [5.41, 5.74) is 10.4. The number of benzene rings is 1. The minimum Gasteiger partial charge on any atom is -0.467 e. The lowest BCUT2D eigenvalue weighted by Crippen LogP contribution is -2.44. The average Bonchev–Trinajstić information content (AvgIpc) is 2.87. The molecule has 0 amide bonds. The Morgan fingerprint density at radius 1 is 1.25 bits per heavy atom. The highest BCUT2D eigenvalue weighted by molar-refractivity contribution is 5.82. The van der Waals surface area contributed by atoms with Crippen LogP contribution < -0.4 is 10.6 Å². The minimum atomic E-state index is -0.0556. The number of hydrogen-bond acceptors (Lipinski definition) is 3. The average molecular weight is 268 g/mol. The molecular weight excluding hydrogens is 248 g/mol. The third-order valence-corrected chi connectivity index (χ3v) is 3.90. The van der Waals surface area contributed by atoms with E-state index >= 15 is 0 Å². The Hall–Kier alpha value is -2.16. The molecule has 1 aliphatic heterocycles. The smallest absolute Gasteiger partial charge is 0.123 e. The second-order valence-corrected chi connectivity index (χ2v) is 5.92. The molecule has 3 nitrogen and oxygen atoms in total. The Morgan fingerprint density at radius 2 is 2.05 bits per heavy atom. The Balaban J connectivity index is 2.08. The molecule has 3 heteroatoms. The van der Waals surface area contributed by atoms with E-state index in [0.717, 1.165) is 18.0 Å². The molecule has 0 atom stereocenters. The standard InChI is InChI=1S/C17H20N2O/c1-12-10-17(2,3)19(11-14-5-4-8-20-14)16-7-6-13(18)9-15(12)16/h4-10H,11,18H2,1-3H3. The first kappa shape index (κ1) is 12.9. The van der Waals surface area contributed by atoms with Gasteiger partial charge in [0.15, 0.2) is 0 Å². The lowest BCUT2D eigenvalue weighted by molar-refractivity contribution is 0.467. The van der Waals surface area contributed by atoms with Gasteiger partial charge < -0.3 is 15.1 Å². The molecule has 2 heterocycles. The van der Waals surface area contributed by atoms with Gasteiger partial charge in [-0.15, -0.1) is 0 Å². The molecule has 2 aromatic rings. The summed E-state index contributed by atoms with van der Waals surface area (Å²) in [6.07, 6.45) is 4.01. The van der Waals surface area contributed by atoms with Gasteiger partial charge in [-0.25, -0.2) is 0 Å². The van der Waals surface area contributed by atoms with E-state index in [-0.39, 0.29) is 5.54 Å². The summed E-state index contributed by atoms with van der Waals surface area (Å²) in [5, 5.41) is 0. The molecule has 0 saturated heterocycles. The van der Waals surface area contributed by atoms with Crippen molar-refractivity contribution in [2.24, 2.45) is 0 Å². The van der Waals surface area contributed by atoms with E-state index in [2.05, 4.69) is 37.8 Å². The van der Waals surface area contributed by atoms with Gasteiger partial charge in [-0.3, -0.25) is 0 Å². The van der Waals surface area contributed by atoms with Crippen LogP contribution >= 0.6 is 0 Å². The van der Waals surface area contributed by atoms with Gasteiger partial charge in [-0.05, 0) is 56.7 Å². The molecule has 0 unspecified atom stereocenters. The first-order chi connectivity index (χ1) is 9.47. The monoisotopic (exact) mass is 268 g/mol. The third kappa shape index (κ3) is 2.09. The summed E-state index contributed by atoms with van der Waals surface area (Å²) in [6.45, 7) is 7.34. The molecular formula is C17H20N2O. The van der Waals surface area contributed by atoms with Crippen molar-refractivity contribution in [3.8, 4) is 0 Å². The second kappa shape index (κ2) is 4.44. The highest BCUT2D eigenvalue weighted by atomic mass is 16.3. The molecule has 0 aliphatic carbocycles. The number of fused-ring (bicyclic) bond motifs is 1. The van der Waals surface area contributed by atoms with Gasteiger partial charge in [0.05, 0.1) is 18.3 Å². The fraction of sp³-hybridized carbons (Fsp3) is 0.294. The lowest BCUT2D eigenvalue weighted by Gasteiger charge is -2.43. The number of nitrogen functional groups attached to an aromatic ring is 1. The van der Waals surface area contributed by atoms with Crippen LogP contribution in [-0.4, -0.2) is 5.54 Å². The molecule has 0 saturated carbocycles. The van der Waals surface area contributed by atoms with E-state index in [9.17, 15) is 0 Å². The fourth-order valence-electron chi connectivity index (χ4n) is 2.95. The zero-order valence-corrected chi connectivity index (χ0v) is 12.2. The molecule has 20 heavy (non-hydrogen) atoms. The van der Waals surface area contributed by atoms with Gasteiger partial charge in [0, 0.05) is 16.9 Å². The first-order valence-corrected chi connectivity index (χ1v) is 6.87. The van der Waals surface area contributed by atoms with E-state index in [4.69, 9.17) is 10.2 Å². The van der Waals surface area contributed by atoms with Crippen molar-refractivity contribution in [1.29, 1.82) is 0 Å². The summed E-state index contributed by atoms with van der Waals surface area (Å²) in [7, 11) is 0. The zero-order valence-electron chi connectivity index (χ0n) is 12.2. The summed E-state index contributed by atoms with van der Waals surface area (Å²) in [6, 6.07) is 10.1. The molecule has 0 fully saturated rings. The molecule has 104 valence electrons. The maximum atomic E-state index is 5.93. The topological polar surface area (TPSA) is 42.4 Å². The summed E-state index contributed by atoms with van der Waals surface area (Å²) >= 11 is 0. The molecule has 1 aromatic carbocycles. The van der Waals surface area contributed by atoms with Crippen LogP contribution in [0.15, 0.2) is 47.1 Å². The van der Waals surface area contributed by atoms with Crippen LogP contribution in [0, 0.1) is 0 Å². The Kier molecular flexibility index (Phi) is 2.85. The third-order valence-electron chi connectivity index (χ3n) is 3.90. The van der Waals surface area contributed by atoms with Crippen molar-refractivity contribution in [1.82, 2.24) is 0 Å². The molecule has 2 N–H and O–H groups in total. The largest absolute Gasteiger partial charge is 0.467 e. The van der Waals surface area contributed by atoms with Crippen LogP contribution in [0.1, 0.15) is 32.1 Å². The zero-order chi connectivity index (χ0) is 14.3. The van der Waals surface area contributed by atoms with Gasteiger partial charge >= 0.3 is 0 Å². The van der Waals surface area contributed by atoms with Crippen LogP contribution in [-0.2, 0) is 6.54 Å². The minimum absolute atomic E-state index is 0.0556. The molecule has 0 radical (unpaired) electrons. The number of hydrogen-bond donors (Lipinski definition) is 1. The SMILES string of the molecule is CC1=CC(C)(C)N(Cc2ccco2)c2ccc(N)cc21. The molecule has 1 aromatic heterocycles. The fourth-order valence-corrected chi connectivity index (χ4v) is 2.95. The van der Waals surface area contributed by atoms with Crippen molar-refractivity contribution in [3.05, 3.63) is 54.0 Å². The van der Waals surface area contributed by atoms with Crippen molar-refractivity contribution >= 4 is 16.9 Å². The number of allylic oxidation sites excluding steroid dienone is 1. The van der Waals surface area contributed by atoms with E-state index in [0.29, 0.717) is 0 Å². The second-order valence-electron chi connectivity index (χ2n) is 5.92. The van der Waals surface area contributed by atoms with Gasteiger partial charge in [-0.1, -0.05) is 6.08 Å². The normalized spacial score (nSPS) is 16.8. The number of nitrogens with zero attached hydrogens (tertiary/aromatic N) is 1. The molecule has 3 rings (SSSR count). The maximum absolute atomic E-state index is 5.93. The lowest BCUT2D eigenvalue weighted by atomic mass is 9.88. The number of nitrogens with two attached hydrogens (primary N) is 1. The Labute approximate surface area is 119 Å². The van der Waals surface area contributed by atoms with E-state index < -0.39 is 0 Å². The number of furan rings is 1. The van der Waals surface area contributed by atoms with Gasteiger partial charge in [0.1, 0.15) is 5.76 Å². The van der Waals surface area contributed by atoms with E-state index in [1.54, 1.807) is 6.26 Å². The van der Waals surface area contributed by atoms with Crippen LogP contribution in [0.2, 0.25) is 0 Å². The summed E-state index contributed by atoms with van der Waals surface area (Å²) in [4.78, 5) is 2.35. The van der Waals surface area contributed by atoms with Gasteiger partial charge in [0.2, 0.25) is 0 Å². The van der Waals surface area contributed by atoms with Crippen molar-refractivity contribution in [3.63, 3.8) is 0 Å². The van der Waals surface area contributed by atoms with Crippen LogP contribution in [0.5, 0.6) is 0 Å². The number of rotatable bonds is 2. The van der Waals surface area contributed by atoms with Gasteiger partial charge in [-0.2, -0.15) is 0 Å². The summed E-state index contributed by atoms with van der Waals surface area (Å²) in [5.74, 6) is 0.966. The van der Waals surface area contributed by atoms with Crippen molar-refractivity contribution in [2.45, 2.75) is 32.9 Å². The Morgan fingerprint density at radius 3 is 2.75 bits per heavy atom. The van der Waals surface area contributed by atoms with Crippen LogP contribution in [0.3, 0.4) is 0 Å². The predicted molar refractivity (Wildman–Crippen MR) is 83.5 cm³/mol. The highest BCUT2D eigenvalue weighted by Gasteiger charge is 2.31. The summed E-state index contributed by atoms with van der Waals surface area (Å²) < 4.78 is 5.51. The highest BCUT2D eigenvalue weighted by Crippen LogP contribution is 2.40. The Bertz CT molecular complexity index is 654. The van der Waals surface area contributed by atoms with Crippen LogP contribution in [0.4, 0.5) is 11.4 Å². The maximum Gasteiger partial charge on any atom is 0.123 e. The molecule has 0 bridgehead atoms. The van der Waals surface area contributed by atoms with Gasteiger partial charge in [0.25, 0.3) is 0 Å². The van der Waals surface area contributed by atoms with E-state index in [1.807, 2.05) is 24.3 Å². The first-order valence-electron chi connectivity index (χ1n) is 6.87. The predicted octanol–water partition coefficient (Wildman–Crippen LogP) is 4.06. The number of anilines is 2.